The molecule has 6 aromatic rings. The molecule has 1 N–H and O–H groups in total. The van der Waals surface area contributed by atoms with Gasteiger partial charge in [0.25, 0.3) is 0 Å². The zero-order valence-electron chi connectivity index (χ0n) is 24.6. The smallest absolute Gasteiger partial charge is 0.242 e. The molecule has 7 heteroatoms. The number of amides is 1. The maximum atomic E-state index is 14.5. The number of hydrogen-bond donors (Lipinski definition) is 1. The molecule has 0 fully saturated rings. The Morgan fingerprint density at radius 1 is 0.867 bits per heavy atom. The Hall–Kier alpha value is -5.71. The normalized spacial score (nSPS) is 15.2. The number of carbonyl (C=O) groups excluding carboxylic acids is 1. The van der Waals surface area contributed by atoms with E-state index in [2.05, 4.69) is 48.9 Å². The van der Waals surface area contributed by atoms with Crippen molar-refractivity contribution in [2.75, 3.05) is 5.32 Å². The third-order valence-electron chi connectivity index (χ3n) is 8.24. The van der Waals surface area contributed by atoms with E-state index in [9.17, 15) is 4.79 Å². The first-order valence-electron chi connectivity index (χ1n) is 15.0. The zero-order chi connectivity index (χ0) is 30.6. The number of imidazole rings is 1. The van der Waals surface area contributed by atoms with Gasteiger partial charge in [-0.15, -0.1) is 0 Å². The molecule has 1 unspecified atom stereocenters. The number of aromatic nitrogens is 2. The molecule has 220 valence electrons. The summed E-state index contributed by atoms with van der Waals surface area (Å²) in [5.41, 5.74) is 5.31. The largest absolute Gasteiger partial charge is 0.468 e. The summed E-state index contributed by atoms with van der Waals surface area (Å²) in [6.07, 6.45) is 4.22. The zero-order valence-corrected chi connectivity index (χ0v) is 24.6. The lowest BCUT2D eigenvalue weighted by Crippen LogP contribution is -2.45. The van der Waals surface area contributed by atoms with Gasteiger partial charge in [0.05, 0.1) is 24.6 Å². The summed E-state index contributed by atoms with van der Waals surface area (Å²) in [5.74, 6) is 0.992. The first-order chi connectivity index (χ1) is 22.1. The van der Waals surface area contributed by atoms with Crippen molar-refractivity contribution >= 4 is 28.1 Å². The summed E-state index contributed by atoms with van der Waals surface area (Å²) >= 11 is 0. The van der Waals surface area contributed by atoms with E-state index >= 15 is 0 Å². The van der Waals surface area contributed by atoms with Crippen LogP contribution >= 0.6 is 0 Å². The number of hydrogen-bond acceptors (Lipinski definition) is 4. The Labute approximate surface area is 262 Å². The van der Waals surface area contributed by atoms with Crippen molar-refractivity contribution in [2.24, 2.45) is 0 Å². The van der Waals surface area contributed by atoms with Crippen LogP contribution in [-0.4, -0.2) is 26.4 Å². The minimum Gasteiger partial charge on any atom is -0.468 e. The lowest BCUT2D eigenvalue weighted by Gasteiger charge is -2.31. The third-order valence-corrected chi connectivity index (χ3v) is 8.24. The van der Waals surface area contributed by atoms with Crippen molar-refractivity contribution in [1.82, 2.24) is 14.5 Å². The minimum atomic E-state index is -0.483. The number of nitrogens with zero attached hydrogens (tertiary/aromatic N) is 4. The first kappa shape index (κ1) is 28.1. The quantitative estimate of drug-likeness (QED) is 0.212. The highest BCUT2D eigenvalue weighted by Crippen LogP contribution is 2.36. The van der Waals surface area contributed by atoms with E-state index in [1.54, 1.807) is 0 Å². The summed E-state index contributed by atoms with van der Waals surface area (Å²) in [7, 11) is 0. The molecule has 7 nitrogen and oxygen atoms in total. The number of carbonyl (C=O) groups is 1. The fourth-order valence-electron chi connectivity index (χ4n) is 5.94. The van der Waals surface area contributed by atoms with Crippen LogP contribution in [0.4, 0.5) is 11.4 Å². The fourth-order valence-corrected chi connectivity index (χ4v) is 5.94. The summed E-state index contributed by atoms with van der Waals surface area (Å²) in [4.78, 5) is 24.9. The van der Waals surface area contributed by atoms with Gasteiger partial charge in [-0.3, -0.25) is 9.69 Å². The van der Waals surface area contributed by atoms with Gasteiger partial charge in [-0.2, -0.15) is 0 Å². The van der Waals surface area contributed by atoms with Crippen LogP contribution in [0.2, 0.25) is 0 Å². The third kappa shape index (κ3) is 6.19. The van der Waals surface area contributed by atoms with Gasteiger partial charge in [0, 0.05) is 36.9 Å². The molecule has 1 aliphatic heterocycles. The van der Waals surface area contributed by atoms with E-state index in [4.69, 9.17) is 11.3 Å². The van der Waals surface area contributed by atoms with Crippen molar-refractivity contribution < 1.29 is 9.53 Å². The molecule has 45 heavy (non-hydrogen) atoms. The summed E-state index contributed by atoms with van der Waals surface area (Å²) in [6.45, 7) is 9.34. The highest BCUT2D eigenvalue weighted by Gasteiger charge is 2.28. The van der Waals surface area contributed by atoms with Gasteiger partial charge in [-0.1, -0.05) is 91.0 Å². The van der Waals surface area contributed by atoms with Gasteiger partial charge < -0.3 is 14.6 Å². The van der Waals surface area contributed by atoms with Gasteiger partial charge in [0.2, 0.25) is 11.6 Å². The number of benzene rings is 5. The van der Waals surface area contributed by atoms with Crippen LogP contribution < -0.4 is 10.1 Å². The van der Waals surface area contributed by atoms with Gasteiger partial charge >= 0.3 is 0 Å². The van der Waals surface area contributed by atoms with E-state index in [0.717, 1.165) is 33.2 Å². The first-order valence-corrected chi connectivity index (χ1v) is 15.0. The SMILES string of the molecule is [C-]#[N+]c1ccc2cc1Oc1ccc3cccc(c3c1)NC(=O)C(Cc1ccccc1)N(Cc1ccccc1)Cc1cncn1C2. The fraction of sp³-hybridized carbons (Fsp3) is 0.132. The average molecular weight is 590 g/mol. The summed E-state index contributed by atoms with van der Waals surface area (Å²) < 4.78 is 8.42. The van der Waals surface area contributed by atoms with Crippen LogP contribution in [0.25, 0.3) is 15.6 Å². The molecule has 0 saturated carbocycles. The molecule has 0 spiro atoms. The highest BCUT2D eigenvalue weighted by atomic mass is 16.5. The number of anilines is 1. The van der Waals surface area contributed by atoms with Gasteiger partial charge in [-0.05, 0) is 52.8 Å². The minimum absolute atomic E-state index is 0.0905. The van der Waals surface area contributed by atoms with E-state index in [1.165, 1.54) is 0 Å². The molecule has 0 saturated heterocycles. The lowest BCUT2D eigenvalue weighted by atomic mass is 10.0. The van der Waals surface area contributed by atoms with Crippen molar-refractivity contribution in [2.45, 2.75) is 32.1 Å². The van der Waals surface area contributed by atoms with Crippen LogP contribution in [-0.2, 0) is 30.8 Å². The van der Waals surface area contributed by atoms with Crippen molar-refractivity contribution in [3.63, 3.8) is 0 Å². The van der Waals surface area contributed by atoms with Crippen LogP contribution in [0, 0.1) is 6.57 Å². The predicted molar refractivity (Wildman–Crippen MR) is 176 cm³/mol. The number of nitrogens with one attached hydrogen (secondary N) is 1. The Morgan fingerprint density at radius 2 is 1.67 bits per heavy atom. The predicted octanol–water partition coefficient (Wildman–Crippen LogP) is 7.99. The molecular formula is C38H31N5O2. The summed E-state index contributed by atoms with van der Waals surface area (Å²) in [5, 5.41) is 5.12. The van der Waals surface area contributed by atoms with E-state index in [1.807, 2.05) is 104 Å². The second-order valence-electron chi connectivity index (χ2n) is 11.3. The molecule has 5 aromatic carbocycles. The van der Waals surface area contributed by atoms with E-state index < -0.39 is 6.04 Å². The molecule has 2 heterocycles. The molecule has 7 rings (SSSR count). The van der Waals surface area contributed by atoms with Crippen molar-refractivity contribution in [3.8, 4) is 11.5 Å². The lowest BCUT2D eigenvalue weighted by molar-refractivity contribution is -0.121. The monoisotopic (exact) mass is 589 g/mol. The van der Waals surface area contributed by atoms with Crippen molar-refractivity contribution in [1.29, 1.82) is 0 Å². The maximum absolute atomic E-state index is 14.5. The number of rotatable bonds is 4. The Kier molecular flexibility index (Phi) is 7.79. The Bertz CT molecular complexity index is 2010. The van der Waals surface area contributed by atoms with Crippen molar-refractivity contribution in [3.05, 3.63) is 162 Å². The highest BCUT2D eigenvalue weighted by molar-refractivity contribution is 6.04. The number of ether oxygens (including phenoxy) is 1. The Morgan fingerprint density at radius 3 is 2.47 bits per heavy atom. The Balaban J connectivity index is 1.38. The van der Waals surface area contributed by atoms with Crippen LogP contribution in [0.5, 0.6) is 11.5 Å². The second-order valence-corrected chi connectivity index (χ2v) is 11.3. The number of fused-ring (bicyclic) bond motifs is 4. The standard InChI is InChI=1S/C38H31N5O2/c1-39-35-18-15-29-20-37(35)45-32-17-16-30-13-8-14-34(33(30)21-32)41-38(44)36(19-27-9-4-2-5-10-27)42(23-28-11-6-3-7-12-28)25-31-22-40-26-43(31)24-29/h2-18,20-22,26,36H,19,23-25H2,(H,41,44). The van der Waals surface area contributed by atoms with Gasteiger partial charge in [0.15, 0.2) is 0 Å². The molecule has 1 atom stereocenters. The summed E-state index contributed by atoms with van der Waals surface area (Å²) in [6, 6.07) is 37.3. The van der Waals surface area contributed by atoms with E-state index in [0.29, 0.717) is 48.9 Å². The van der Waals surface area contributed by atoms with Crippen LogP contribution in [0.15, 0.2) is 128 Å². The maximum Gasteiger partial charge on any atom is 0.242 e. The topological polar surface area (TPSA) is 63.8 Å². The van der Waals surface area contributed by atoms with Gasteiger partial charge in [0.1, 0.15) is 11.5 Å². The molecule has 1 aliphatic rings. The second kappa shape index (κ2) is 12.5. The molecule has 0 radical (unpaired) electrons. The average Bonchev–Trinajstić information content (AvgIpc) is 3.50. The van der Waals surface area contributed by atoms with Crippen LogP contribution in [0.1, 0.15) is 22.4 Å². The molecule has 1 amide bonds. The molecule has 0 aliphatic carbocycles. The molecule has 4 bridgehead atoms. The van der Waals surface area contributed by atoms with Gasteiger partial charge in [-0.25, -0.2) is 9.83 Å². The molecular weight excluding hydrogens is 558 g/mol. The van der Waals surface area contributed by atoms with Crippen LogP contribution in [0.3, 0.4) is 0 Å². The molecule has 1 aromatic heterocycles. The van der Waals surface area contributed by atoms with E-state index in [-0.39, 0.29) is 5.91 Å².